The molecule has 0 aromatic heterocycles. The Labute approximate surface area is 150 Å². The Morgan fingerprint density at radius 3 is 2.17 bits per heavy atom. The molecule has 0 spiro atoms. The van der Waals surface area contributed by atoms with Gasteiger partial charge in [0.25, 0.3) is 0 Å². The fourth-order valence-electron chi connectivity index (χ4n) is 2.18. The highest BCUT2D eigenvalue weighted by molar-refractivity contribution is 5.86. The molecule has 0 saturated heterocycles. The Morgan fingerprint density at radius 1 is 1.13 bits per heavy atom. The van der Waals surface area contributed by atoms with Crippen molar-refractivity contribution >= 4 is 36.6 Å². The van der Waals surface area contributed by atoms with E-state index in [0.29, 0.717) is 18.9 Å². The number of hydrogen-bond donors (Lipinski definition) is 2. The van der Waals surface area contributed by atoms with E-state index in [1.54, 1.807) is 4.90 Å². The van der Waals surface area contributed by atoms with Crippen LogP contribution in [0.4, 0.5) is 0 Å². The molecule has 0 aliphatic heterocycles. The molecule has 0 aliphatic rings. The Balaban J connectivity index is 0. The summed E-state index contributed by atoms with van der Waals surface area (Å²) >= 11 is 0. The lowest BCUT2D eigenvalue weighted by molar-refractivity contribution is -0.138. The zero-order chi connectivity index (χ0) is 15.8. The van der Waals surface area contributed by atoms with Gasteiger partial charge in [-0.2, -0.15) is 0 Å². The Kier molecular flexibility index (Phi) is 12.9. The molecule has 0 amide bonds. The second-order valence-electron chi connectivity index (χ2n) is 5.73. The van der Waals surface area contributed by atoms with Crippen molar-refractivity contribution in [3.8, 4) is 0 Å². The number of carbonyl (C=O) groups is 2. The van der Waals surface area contributed by atoms with E-state index in [2.05, 4.69) is 0 Å². The quantitative estimate of drug-likeness (QED) is 0.702. The van der Waals surface area contributed by atoms with Crippen molar-refractivity contribution in [1.29, 1.82) is 0 Å². The average molecular weight is 365 g/mol. The molecule has 0 saturated carbocycles. The molecular formula is C16H26Cl2N2O3. The van der Waals surface area contributed by atoms with Gasteiger partial charge in [0, 0.05) is 6.54 Å². The number of Topliss-reactive ketones (excluding diaryl/α,β-unsaturated/α-hetero) is 1. The summed E-state index contributed by atoms with van der Waals surface area (Å²) < 4.78 is 0. The van der Waals surface area contributed by atoms with Crippen LogP contribution < -0.4 is 5.73 Å². The lowest BCUT2D eigenvalue weighted by Crippen LogP contribution is -2.42. The number of carbonyl (C=O) groups excluding carboxylic acids is 1. The van der Waals surface area contributed by atoms with Gasteiger partial charge in [0.2, 0.25) is 0 Å². The maximum absolute atomic E-state index is 12.1. The normalized spacial score (nSPS) is 11.5. The molecule has 0 fully saturated rings. The van der Waals surface area contributed by atoms with E-state index in [4.69, 9.17) is 10.8 Å². The molecule has 132 valence electrons. The molecular weight excluding hydrogens is 339 g/mol. The number of halogens is 2. The highest BCUT2D eigenvalue weighted by Gasteiger charge is 2.20. The molecule has 0 radical (unpaired) electrons. The summed E-state index contributed by atoms with van der Waals surface area (Å²) in [6.45, 7) is 4.33. The predicted molar refractivity (Wildman–Crippen MR) is 96.3 cm³/mol. The fraction of sp³-hybridized carbons (Fsp3) is 0.500. The van der Waals surface area contributed by atoms with E-state index in [1.807, 2.05) is 44.2 Å². The van der Waals surface area contributed by atoms with E-state index in [9.17, 15) is 9.59 Å². The molecule has 23 heavy (non-hydrogen) atoms. The van der Waals surface area contributed by atoms with Crippen LogP contribution in [0.1, 0.15) is 25.8 Å². The fourth-order valence-corrected chi connectivity index (χ4v) is 2.18. The summed E-state index contributed by atoms with van der Waals surface area (Å²) in [5.41, 5.74) is 6.84. The van der Waals surface area contributed by atoms with Crippen molar-refractivity contribution in [3.63, 3.8) is 0 Å². The number of nitrogens with two attached hydrogens (primary N) is 1. The van der Waals surface area contributed by atoms with Crippen LogP contribution in [0.5, 0.6) is 0 Å². The van der Waals surface area contributed by atoms with Gasteiger partial charge in [0.05, 0.1) is 19.1 Å². The molecule has 1 rings (SSSR count). The topological polar surface area (TPSA) is 83.6 Å². The highest BCUT2D eigenvalue weighted by atomic mass is 35.5. The van der Waals surface area contributed by atoms with E-state index in [1.165, 1.54) is 0 Å². The number of carboxylic acids is 1. The van der Waals surface area contributed by atoms with E-state index in [0.717, 1.165) is 5.56 Å². The van der Waals surface area contributed by atoms with Crippen molar-refractivity contribution < 1.29 is 14.7 Å². The van der Waals surface area contributed by atoms with Gasteiger partial charge in [-0.05, 0) is 17.9 Å². The molecule has 1 aromatic rings. The molecule has 1 aromatic carbocycles. The number of carboxylic acid groups (broad SMARTS) is 1. The minimum atomic E-state index is -0.948. The van der Waals surface area contributed by atoms with Crippen LogP contribution in [0.2, 0.25) is 0 Å². The minimum absolute atomic E-state index is 0. The van der Waals surface area contributed by atoms with Crippen molar-refractivity contribution in [2.24, 2.45) is 11.7 Å². The van der Waals surface area contributed by atoms with Crippen molar-refractivity contribution in [3.05, 3.63) is 35.9 Å². The van der Waals surface area contributed by atoms with E-state index < -0.39 is 12.0 Å². The van der Waals surface area contributed by atoms with Crippen LogP contribution in [0.15, 0.2) is 30.3 Å². The molecule has 3 N–H and O–H groups in total. The minimum Gasteiger partial charge on any atom is -0.480 e. The number of aliphatic carboxylic acids is 1. The second-order valence-corrected chi connectivity index (χ2v) is 5.73. The first-order valence-electron chi connectivity index (χ1n) is 7.15. The van der Waals surface area contributed by atoms with Crippen LogP contribution in [0, 0.1) is 5.92 Å². The van der Waals surface area contributed by atoms with Crippen LogP contribution in [-0.4, -0.2) is 40.9 Å². The maximum Gasteiger partial charge on any atom is 0.317 e. The molecule has 1 atom stereocenters. The summed E-state index contributed by atoms with van der Waals surface area (Å²) in [5.74, 6) is -0.719. The van der Waals surface area contributed by atoms with Crippen LogP contribution in [0.3, 0.4) is 0 Å². The summed E-state index contributed by atoms with van der Waals surface area (Å²) in [7, 11) is 0. The predicted octanol–water partition coefficient (Wildman–Crippen LogP) is 2.36. The van der Waals surface area contributed by atoms with Crippen LogP contribution in [-0.2, 0) is 16.1 Å². The maximum atomic E-state index is 12.1. The third kappa shape index (κ3) is 10.3. The van der Waals surface area contributed by atoms with Crippen molar-refractivity contribution in [1.82, 2.24) is 4.90 Å². The number of hydrogen-bond acceptors (Lipinski definition) is 4. The summed E-state index contributed by atoms with van der Waals surface area (Å²) in [6, 6.07) is 8.97. The third-order valence-corrected chi connectivity index (χ3v) is 3.13. The first-order chi connectivity index (χ1) is 9.88. The van der Waals surface area contributed by atoms with E-state index >= 15 is 0 Å². The van der Waals surface area contributed by atoms with Gasteiger partial charge in [-0.25, -0.2) is 0 Å². The molecule has 5 nitrogen and oxygen atoms in total. The smallest absolute Gasteiger partial charge is 0.317 e. The summed E-state index contributed by atoms with van der Waals surface area (Å²) in [4.78, 5) is 24.7. The van der Waals surface area contributed by atoms with E-state index in [-0.39, 0.29) is 43.7 Å². The largest absolute Gasteiger partial charge is 0.480 e. The molecule has 0 aliphatic carbocycles. The Hall–Kier alpha value is -1.14. The Morgan fingerprint density at radius 2 is 1.70 bits per heavy atom. The van der Waals surface area contributed by atoms with Gasteiger partial charge < -0.3 is 10.8 Å². The number of ketones is 1. The number of benzene rings is 1. The van der Waals surface area contributed by atoms with Crippen molar-refractivity contribution in [2.45, 2.75) is 32.9 Å². The molecule has 0 unspecified atom stereocenters. The Bertz CT molecular complexity index is 470. The lowest BCUT2D eigenvalue weighted by Gasteiger charge is -2.22. The molecule has 0 heterocycles. The number of rotatable bonds is 9. The van der Waals surface area contributed by atoms with Gasteiger partial charge in [0.1, 0.15) is 0 Å². The standard InChI is InChI=1S/C16H24N2O3.2ClH/c1-12(2)8-14(17)15(19)10-18(11-16(20)21)9-13-6-4-3-5-7-13;;/h3-7,12,14H,8-11,17H2,1-2H3,(H,20,21);2*1H/t14-;;/m0../s1. The second kappa shape index (κ2) is 12.3. The summed E-state index contributed by atoms with van der Waals surface area (Å²) in [5, 5.41) is 8.97. The lowest BCUT2D eigenvalue weighted by atomic mass is 10.0. The first kappa shape index (κ1) is 24.1. The monoisotopic (exact) mass is 364 g/mol. The van der Waals surface area contributed by atoms with Gasteiger partial charge in [-0.1, -0.05) is 44.2 Å². The zero-order valence-electron chi connectivity index (χ0n) is 13.5. The van der Waals surface area contributed by atoms with Gasteiger partial charge in [-0.15, -0.1) is 24.8 Å². The van der Waals surface area contributed by atoms with Crippen LogP contribution in [0.25, 0.3) is 0 Å². The van der Waals surface area contributed by atoms with Gasteiger partial charge in [0.15, 0.2) is 5.78 Å². The van der Waals surface area contributed by atoms with Gasteiger partial charge >= 0.3 is 5.97 Å². The van der Waals surface area contributed by atoms with Crippen LogP contribution >= 0.6 is 24.8 Å². The zero-order valence-corrected chi connectivity index (χ0v) is 15.1. The molecule has 7 heteroatoms. The average Bonchev–Trinajstić information content (AvgIpc) is 2.38. The third-order valence-electron chi connectivity index (χ3n) is 3.13. The highest BCUT2D eigenvalue weighted by Crippen LogP contribution is 2.07. The SMILES string of the molecule is CC(C)C[C@H](N)C(=O)CN(CC(=O)O)Cc1ccccc1.Cl.Cl. The van der Waals surface area contributed by atoms with Gasteiger partial charge in [-0.3, -0.25) is 14.5 Å². The first-order valence-corrected chi connectivity index (χ1v) is 7.15. The summed E-state index contributed by atoms with van der Waals surface area (Å²) in [6.07, 6.45) is 0.616. The number of nitrogens with zero attached hydrogens (tertiary/aromatic N) is 1. The molecule has 0 bridgehead atoms. The van der Waals surface area contributed by atoms with Crippen molar-refractivity contribution in [2.75, 3.05) is 13.1 Å².